The number of hydrogen-bond donors (Lipinski definition) is 0. The van der Waals surface area contributed by atoms with E-state index >= 15 is 0 Å². The number of nitrogens with zero attached hydrogens (tertiary/aromatic N) is 5. The molecule has 6 nitrogen and oxygen atoms in total. The van der Waals surface area contributed by atoms with E-state index in [0.717, 1.165) is 31.5 Å². The number of aryl methyl sites for hydroxylation is 1. The van der Waals surface area contributed by atoms with Crippen LogP contribution in [-0.2, 0) is 0 Å². The molecule has 0 aromatic carbocycles. The van der Waals surface area contributed by atoms with Gasteiger partial charge in [0.1, 0.15) is 0 Å². The van der Waals surface area contributed by atoms with Crippen molar-refractivity contribution >= 4 is 11.7 Å². The number of hydrogen-bond acceptors (Lipinski definition) is 4. The molecule has 0 unspecified atom stereocenters. The molecule has 1 atom stereocenters. The van der Waals surface area contributed by atoms with Gasteiger partial charge in [-0.15, -0.1) is 5.10 Å². The van der Waals surface area contributed by atoms with Gasteiger partial charge in [-0.05, 0) is 37.7 Å². The minimum absolute atomic E-state index is 0.0725. The zero-order valence-electron chi connectivity index (χ0n) is 13.7. The van der Waals surface area contributed by atoms with Gasteiger partial charge in [0.15, 0.2) is 0 Å². The normalized spacial score (nSPS) is 19.1. The summed E-state index contributed by atoms with van der Waals surface area (Å²) in [6.45, 7) is 9.36. The van der Waals surface area contributed by atoms with E-state index in [2.05, 4.69) is 35.8 Å². The number of carbonyl (C=O) groups is 1. The van der Waals surface area contributed by atoms with Crippen LogP contribution in [0.25, 0.3) is 5.78 Å². The first-order valence-corrected chi connectivity index (χ1v) is 7.84. The quantitative estimate of drug-likeness (QED) is 0.855. The molecule has 3 heterocycles. The molecule has 1 aliphatic heterocycles. The molecule has 6 heteroatoms. The van der Waals surface area contributed by atoms with E-state index in [-0.39, 0.29) is 23.2 Å². The Morgan fingerprint density at radius 2 is 2.18 bits per heavy atom. The van der Waals surface area contributed by atoms with Crippen molar-refractivity contribution in [2.45, 2.75) is 53.0 Å². The van der Waals surface area contributed by atoms with Gasteiger partial charge in [-0.1, -0.05) is 20.8 Å². The lowest BCUT2D eigenvalue weighted by molar-refractivity contribution is 0.0692. The van der Waals surface area contributed by atoms with E-state index in [4.69, 9.17) is 0 Å². The predicted octanol–water partition coefficient (Wildman–Crippen LogP) is 2.47. The first kappa shape index (κ1) is 14.9. The van der Waals surface area contributed by atoms with Crippen LogP contribution in [0, 0.1) is 12.3 Å². The Morgan fingerprint density at radius 1 is 1.41 bits per heavy atom. The molecule has 0 aliphatic carbocycles. The Kier molecular flexibility index (Phi) is 3.62. The number of likely N-dealkylation sites (tertiary alicyclic amines) is 1. The average molecular weight is 301 g/mol. The van der Waals surface area contributed by atoms with Gasteiger partial charge >= 0.3 is 0 Å². The van der Waals surface area contributed by atoms with Gasteiger partial charge in [-0.2, -0.15) is 4.98 Å². The Morgan fingerprint density at radius 3 is 2.86 bits per heavy atom. The van der Waals surface area contributed by atoms with Crippen molar-refractivity contribution in [3.8, 4) is 0 Å². The van der Waals surface area contributed by atoms with E-state index in [0.29, 0.717) is 5.78 Å². The summed E-state index contributed by atoms with van der Waals surface area (Å²) in [5.41, 5.74) is 1.13. The molecule has 1 aliphatic rings. The van der Waals surface area contributed by atoms with Crippen LogP contribution >= 0.6 is 0 Å². The standard InChI is InChI=1S/C16H23N5O/c1-11-7-8-17-15-18-13(19-21(11)15)14(22)20-9-5-6-12(20)10-16(2,3)4/h7-8,12H,5-6,9-10H2,1-4H3/t12-/m1/s1. The fourth-order valence-electron chi connectivity index (χ4n) is 3.15. The Hall–Kier alpha value is -1.98. The summed E-state index contributed by atoms with van der Waals surface area (Å²) >= 11 is 0. The summed E-state index contributed by atoms with van der Waals surface area (Å²) in [5, 5.41) is 4.34. The minimum atomic E-state index is -0.0725. The maximum absolute atomic E-state index is 12.8. The highest BCUT2D eigenvalue weighted by molar-refractivity contribution is 5.91. The van der Waals surface area contributed by atoms with Crippen molar-refractivity contribution in [3.05, 3.63) is 23.8 Å². The van der Waals surface area contributed by atoms with E-state index in [1.807, 2.05) is 17.9 Å². The van der Waals surface area contributed by atoms with Crippen LogP contribution in [0.15, 0.2) is 12.3 Å². The lowest BCUT2D eigenvalue weighted by atomic mass is 9.87. The van der Waals surface area contributed by atoms with Gasteiger partial charge in [0.2, 0.25) is 5.82 Å². The van der Waals surface area contributed by atoms with Gasteiger partial charge in [0.05, 0.1) is 0 Å². The van der Waals surface area contributed by atoms with Crippen molar-refractivity contribution in [1.82, 2.24) is 24.5 Å². The summed E-state index contributed by atoms with van der Waals surface area (Å²) in [6, 6.07) is 2.14. The molecule has 22 heavy (non-hydrogen) atoms. The lowest BCUT2D eigenvalue weighted by Crippen LogP contribution is -2.38. The van der Waals surface area contributed by atoms with E-state index in [1.165, 1.54) is 0 Å². The highest BCUT2D eigenvalue weighted by Crippen LogP contribution is 2.30. The fraction of sp³-hybridized carbons (Fsp3) is 0.625. The first-order chi connectivity index (χ1) is 10.3. The zero-order valence-corrected chi connectivity index (χ0v) is 13.7. The van der Waals surface area contributed by atoms with E-state index in [9.17, 15) is 4.79 Å². The monoisotopic (exact) mass is 301 g/mol. The third kappa shape index (κ3) is 2.82. The highest BCUT2D eigenvalue weighted by Gasteiger charge is 2.34. The number of aromatic nitrogens is 4. The first-order valence-electron chi connectivity index (χ1n) is 7.84. The molecule has 0 bridgehead atoms. The topological polar surface area (TPSA) is 63.4 Å². The van der Waals surface area contributed by atoms with Crippen LogP contribution in [0.4, 0.5) is 0 Å². The molecule has 1 fully saturated rings. The second-order valence-corrected chi connectivity index (χ2v) is 7.29. The third-order valence-corrected chi connectivity index (χ3v) is 4.11. The summed E-state index contributed by atoms with van der Waals surface area (Å²) < 4.78 is 1.63. The van der Waals surface area contributed by atoms with E-state index < -0.39 is 0 Å². The summed E-state index contributed by atoms with van der Waals surface area (Å²) in [5.74, 6) is 0.661. The molecule has 2 aromatic rings. The van der Waals surface area contributed by atoms with Gasteiger partial charge in [-0.3, -0.25) is 4.79 Å². The second-order valence-electron chi connectivity index (χ2n) is 7.29. The van der Waals surface area contributed by atoms with Crippen LogP contribution < -0.4 is 0 Å². The fourth-order valence-corrected chi connectivity index (χ4v) is 3.15. The Labute approximate surface area is 130 Å². The molecular weight excluding hydrogens is 278 g/mol. The molecule has 0 radical (unpaired) electrons. The summed E-state index contributed by atoms with van der Waals surface area (Å²) in [6.07, 6.45) is 4.81. The van der Waals surface area contributed by atoms with Crippen molar-refractivity contribution in [2.24, 2.45) is 5.41 Å². The SMILES string of the molecule is Cc1ccnc2nc(C(=O)N3CCC[C@@H]3CC(C)(C)C)nn12. The maximum Gasteiger partial charge on any atom is 0.293 e. The van der Waals surface area contributed by atoms with Crippen molar-refractivity contribution < 1.29 is 4.79 Å². The molecular formula is C16H23N5O. The number of rotatable bonds is 2. The molecule has 118 valence electrons. The van der Waals surface area contributed by atoms with Crippen LogP contribution in [0.3, 0.4) is 0 Å². The minimum Gasteiger partial charge on any atom is -0.333 e. The molecule has 0 saturated carbocycles. The summed E-state index contributed by atoms with van der Waals surface area (Å²) in [7, 11) is 0. The molecule has 0 N–H and O–H groups in total. The van der Waals surface area contributed by atoms with E-state index in [1.54, 1.807) is 10.7 Å². The Bertz CT molecular complexity index is 700. The maximum atomic E-state index is 12.8. The van der Waals surface area contributed by atoms with Crippen molar-refractivity contribution in [3.63, 3.8) is 0 Å². The predicted molar refractivity (Wildman–Crippen MR) is 83.6 cm³/mol. The van der Waals surface area contributed by atoms with Crippen LogP contribution in [0.1, 0.15) is 56.3 Å². The largest absolute Gasteiger partial charge is 0.333 e. The van der Waals surface area contributed by atoms with Gasteiger partial charge in [0, 0.05) is 24.5 Å². The van der Waals surface area contributed by atoms with Crippen LogP contribution in [0.2, 0.25) is 0 Å². The lowest BCUT2D eigenvalue weighted by Gasteiger charge is -2.29. The third-order valence-electron chi connectivity index (χ3n) is 4.11. The van der Waals surface area contributed by atoms with Gasteiger partial charge < -0.3 is 4.90 Å². The molecule has 1 amide bonds. The number of amides is 1. The molecule has 3 rings (SSSR count). The number of fused-ring (bicyclic) bond motifs is 1. The number of carbonyl (C=O) groups excluding carboxylic acids is 1. The van der Waals surface area contributed by atoms with Gasteiger partial charge in [-0.25, -0.2) is 9.50 Å². The Balaban J connectivity index is 1.87. The van der Waals surface area contributed by atoms with Crippen LogP contribution in [0.5, 0.6) is 0 Å². The zero-order chi connectivity index (χ0) is 15.9. The molecule has 1 saturated heterocycles. The smallest absolute Gasteiger partial charge is 0.293 e. The van der Waals surface area contributed by atoms with Crippen molar-refractivity contribution in [1.29, 1.82) is 0 Å². The molecule has 0 spiro atoms. The highest BCUT2D eigenvalue weighted by atomic mass is 16.2. The van der Waals surface area contributed by atoms with Gasteiger partial charge in [0.25, 0.3) is 11.7 Å². The molecule has 2 aromatic heterocycles. The van der Waals surface area contributed by atoms with Crippen molar-refractivity contribution in [2.75, 3.05) is 6.54 Å². The summed E-state index contributed by atoms with van der Waals surface area (Å²) in [4.78, 5) is 23.2. The average Bonchev–Trinajstić information content (AvgIpc) is 3.03. The van der Waals surface area contributed by atoms with Crippen LogP contribution in [-0.4, -0.2) is 43.0 Å². The second kappa shape index (κ2) is 5.34.